The lowest BCUT2D eigenvalue weighted by molar-refractivity contribution is -0.297. The number of hydrogen-bond acceptors (Lipinski definition) is 9. The van der Waals surface area contributed by atoms with Crippen LogP contribution >= 0.6 is 0 Å². The van der Waals surface area contributed by atoms with Gasteiger partial charge in [0, 0.05) is 17.7 Å². The number of carbonyl (C=O) groups excluding carboxylic acids is 2. The normalized spacial score (nSPS) is 21.2. The topological polar surface area (TPSA) is 178 Å². The number of hydrogen-bond donors (Lipinski definition) is 7. The van der Waals surface area contributed by atoms with Crippen molar-refractivity contribution in [3.8, 4) is 0 Å². The molecule has 0 aromatic heterocycles. The predicted octanol–water partition coefficient (Wildman–Crippen LogP) is 6.54. The predicted molar refractivity (Wildman–Crippen MR) is 224 cm³/mol. The van der Waals surface area contributed by atoms with Crippen LogP contribution in [0, 0.1) is 0 Å². The molecule has 11 nitrogen and oxygen atoms in total. The summed E-state index contributed by atoms with van der Waals surface area (Å²) in [6, 6.07) is 13.4. The molecule has 0 bridgehead atoms. The Hall–Kier alpha value is -2.90. The van der Waals surface area contributed by atoms with Gasteiger partial charge in [-0.1, -0.05) is 135 Å². The van der Waals surface area contributed by atoms with Crippen molar-refractivity contribution < 1.29 is 44.6 Å². The van der Waals surface area contributed by atoms with Crippen LogP contribution in [0.25, 0.3) is 0 Å². The van der Waals surface area contributed by atoms with Crippen molar-refractivity contribution in [2.75, 3.05) is 13.2 Å². The highest BCUT2D eigenvalue weighted by Gasteiger charge is 2.45. The van der Waals surface area contributed by atoms with Gasteiger partial charge in [-0.25, -0.2) is 0 Å². The highest BCUT2D eigenvalue weighted by molar-refractivity contribution is 5.94. The van der Waals surface area contributed by atoms with Crippen molar-refractivity contribution in [3.05, 3.63) is 70.8 Å². The first-order valence-electron chi connectivity index (χ1n) is 22.0. The Morgan fingerprint density at radius 1 is 0.632 bits per heavy atom. The van der Waals surface area contributed by atoms with Gasteiger partial charge < -0.3 is 45.6 Å². The Bertz CT molecular complexity index is 1370. The minimum absolute atomic E-state index is 0.184. The Morgan fingerprint density at radius 2 is 1.11 bits per heavy atom. The van der Waals surface area contributed by atoms with Crippen molar-refractivity contribution in [1.29, 1.82) is 0 Å². The molecule has 0 spiro atoms. The number of ether oxygens (including phenoxy) is 2. The molecule has 1 aliphatic rings. The van der Waals surface area contributed by atoms with Crippen LogP contribution in [-0.4, -0.2) is 99.5 Å². The third-order valence-electron chi connectivity index (χ3n) is 11.1. The summed E-state index contributed by atoms with van der Waals surface area (Å²) < 4.78 is 11.7. The van der Waals surface area contributed by atoms with Crippen molar-refractivity contribution in [2.24, 2.45) is 0 Å². The van der Waals surface area contributed by atoms with Crippen LogP contribution in [0.3, 0.4) is 0 Å². The lowest BCUT2D eigenvalue weighted by Gasteiger charge is -2.41. The molecule has 2 aromatic carbocycles. The van der Waals surface area contributed by atoms with Crippen LogP contribution in [-0.2, 0) is 22.3 Å². The second-order valence-corrected chi connectivity index (χ2v) is 16.0. The molecule has 2 aromatic rings. The Balaban J connectivity index is 1.58. The number of aliphatic hydroxyl groups is 5. The Kier molecular flexibility index (Phi) is 23.6. The van der Waals surface area contributed by atoms with E-state index in [1.165, 1.54) is 51.4 Å². The summed E-state index contributed by atoms with van der Waals surface area (Å²) in [4.78, 5) is 26.3. The number of aliphatic hydroxyl groups excluding tert-OH is 5. The fourth-order valence-corrected chi connectivity index (χ4v) is 7.23. The molecule has 11 heteroatoms. The monoisotopic (exact) mass is 799 g/mol. The molecule has 7 N–H and O–H groups in total. The van der Waals surface area contributed by atoms with Crippen LogP contribution in [0.15, 0.2) is 48.5 Å². The van der Waals surface area contributed by atoms with E-state index in [9.17, 15) is 35.1 Å². The fraction of sp³-hybridized carbons (Fsp3) is 0.696. The summed E-state index contributed by atoms with van der Waals surface area (Å²) >= 11 is 0. The first-order chi connectivity index (χ1) is 27.6. The van der Waals surface area contributed by atoms with Crippen LogP contribution in [0.2, 0.25) is 0 Å². The van der Waals surface area contributed by atoms with Gasteiger partial charge in [0.05, 0.1) is 18.8 Å². The number of rotatable bonds is 29. The molecule has 1 fully saturated rings. The van der Waals surface area contributed by atoms with E-state index in [4.69, 9.17) is 9.47 Å². The van der Waals surface area contributed by atoms with Crippen LogP contribution in [0.1, 0.15) is 162 Å². The highest BCUT2D eigenvalue weighted by atomic mass is 16.7. The maximum atomic E-state index is 13.4. The maximum absolute atomic E-state index is 13.4. The van der Waals surface area contributed by atoms with Gasteiger partial charge in [0.2, 0.25) is 0 Å². The van der Waals surface area contributed by atoms with E-state index in [1.54, 1.807) is 24.3 Å². The number of nitrogens with one attached hydrogen (secondary N) is 2. The molecule has 8 atom stereocenters. The first-order valence-corrected chi connectivity index (χ1v) is 22.0. The SMILES string of the molecule is CCCCCCCCCCCCCC[C@@H](O)[C@@H](O)[C@H](CO[C@H]1O[C@H](CNC(=O)c2ccc(CCCC)cc2)[C@H](O)[C@H](O)[C@H]1O)NC(=O)c1ccc(CCCC)cc1. The van der Waals surface area contributed by atoms with Gasteiger partial charge in [0.1, 0.15) is 30.5 Å². The summed E-state index contributed by atoms with van der Waals surface area (Å²) in [5, 5.41) is 60.2. The van der Waals surface area contributed by atoms with Crippen molar-refractivity contribution in [3.63, 3.8) is 0 Å². The summed E-state index contributed by atoms with van der Waals surface area (Å²) in [6.07, 6.45) is 10.4. The van der Waals surface area contributed by atoms with Gasteiger partial charge in [-0.3, -0.25) is 9.59 Å². The van der Waals surface area contributed by atoms with Crippen molar-refractivity contribution in [2.45, 2.75) is 192 Å². The largest absolute Gasteiger partial charge is 0.390 e. The quantitative estimate of drug-likeness (QED) is 0.0451. The third kappa shape index (κ3) is 17.5. The average Bonchev–Trinajstić information content (AvgIpc) is 3.23. The Morgan fingerprint density at radius 3 is 1.61 bits per heavy atom. The molecular formula is C46H74N2O9. The molecule has 3 rings (SSSR count). The van der Waals surface area contributed by atoms with E-state index in [0.717, 1.165) is 68.9 Å². The third-order valence-corrected chi connectivity index (χ3v) is 11.1. The molecule has 1 heterocycles. The molecule has 322 valence electrons. The van der Waals surface area contributed by atoms with E-state index in [1.807, 2.05) is 24.3 Å². The van der Waals surface area contributed by atoms with Gasteiger partial charge in [-0.2, -0.15) is 0 Å². The average molecular weight is 799 g/mol. The van der Waals surface area contributed by atoms with Gasteiger partial charge >= 0.3 is 0 Å². The number of aryl methyl sites for hydroxylation is 2. The minimum Gasteiger partial charge on any atom is -0.390 e. The van der Waals surface area contributed by atoms with Crippen LogP contribution in [0.5, 0.6) is 0 Å². The van der Waals surface area contributed by atoms with Crippen LogP contribution < -0.4 is 10.6 Å². The second-order valence-electron chi connectivity index (χ2n) is 16.0. The number of carbonyl (C=O) groups is 2. The van der Waals surface area contributed by atoms with E-state index in [0.29, 0.717) is 24.0 Å². The van der Waals surface area contributed by atoms with Crippen molar-refractivity contribution >= 4 is 11.8 Å². The van der Waals surface area contributed by atoms with E-state index >= 15 is 0 Å². The molecular weight excluding hydrogens is 725 g/mol. The molecule has 0 radical (unpaired) electrons. The molecule has 0 unspecified atom stereocenters. The number of benzene rings is 2. The molecule has 1 saturated heterocycles. The van der Waals surface area contributed by atoms with Crippen LogP contribution in [0.4, 0.5) is 0 Å². The lowest BCUT2D eigenvalue weighted by atomic mass is 9.98. The van der Waals surface area contributed by atoms with Gasteiger partial charge in [0.25, 0.3) is 11.8 Å². The van der Waals surface area contributed by atoms with E-state index in [-0.39, 0.29) is 13.2 Å². The highest BCUT2D eigenvalue weighted by Crippen LogP contribution is 2.23. The zero-order chi connectivity index (χ0) is 41.4. The van der Waals surface area contributed by atoms with Gasteiger partial charge in [-0.15, -0.1) is 0 Å². The van der Waals surface area contributed by atoms with Crippen molar-refractivity contribution in [1.82, 2.24) is 10.6 Å². The molecule has 57 heavy (non-hydrogen) atoms. The summed E-state index contributed by atoms with van der Waals surface area (Å²) in [7, 11) is 0. The maximum Gasteiger partial charge on any atom is 0.251 e. The summed E-state index contributed by atoms with van der Waals surface area (Å²) in [6.45, 7) is 5.90. The number of amides is 2. The van der Waals surface area contributed by atoms with E-state index < -0.39 is 60.8 Å². The lowest BCUT2D eigenvalue weighted by Crippen LogP contribution is -2.61. The minimum atomic E-state index is -1.67. The number of unbranched alkanes of at least 4 members (excludes halogenated alkanes) is 13. The second kappa shape index (κ2) is 27.7. The summed E-state index contributed by atoms with van der Waals surface area (Å²) in [5.41, 5.74) is 3.05. The van der Waals surface area contributed by atoms with Gasteiger partial charge in [-0.05, 0) is 67.5 Å². The smallest absolute Gasteiger partial charge is 0.251 e. The molecule has 0 aliphatic carbocycles. The zero-order valence-electron chi connectivity index (χ0n) is 35.0. The standard InChI is InChI=1S/C46H74N2O9/c1-4-7-10-11-12-13-14-15-16-17-18-19-22-38(49)40(50)37(48-45(55)36-29-25-34(26-30-36)21-9-6-3)32-56-46-43(53)42(52)41(51)39(57-46)31-47-44(54)35-27-23-33(24-28-35)20-8-5-2/h23-30,37-43,46,49-53H,4-22,31-32H2,1-3H3,(H,47,54)(H,48,55)/t37-,38+,39+,40-,41-,42-,43+,46-/m0/s1. The summed E-state index contributed by atoms with van der Waals surface area (Å²) in [5.74, 6) is -0.862. The Labute approximate surface area is 342 Å². The molecule has 0 saturated carbocycles. The first kappa shape index (κ1) is 48.5. The fourth-order valence-electron chi connectivity index (χ4n) is 7.23. The van der Waals surface area contributed by atoms with Gasteiger partial charge in [0.15, 0.2) is 6.29 Å². The molecule has 1 aliphatic heterocycles. The van der Waals surface area contributed by atoms with E-state index in [2.05, 4.69) is 31.4 Å². The zero-order valence-corrected chi connectivity index (χ0v) is 35.0. The molecule has 2 amide bonds.